The molecule has 5 rings (SSSR count). The van der Waals surface area contributed by atoms with Gasteiger partial charge in [-0.05, 0) is 66.1 Å². The molecule has 3 fully saturated rings. The van der Waals surface area contributed by atoms with Gasteiger partial charge in [0.25, 0.3) is 0 Å². The number of anilines is 1. The molecule has 1 heterocycles. The van der Waals surface area contributed by atoms with Gasteiger partial charge in [0.2, 0.25) is 17.7 Å². The summed E-state index contributed by atoms with van der Waals surface area (Å²) >= 11 is 6.26. The van der Waals surface area contributed by atoms with Crippen LogP contribution in [0.2, 0.25) is 5.02 Å². The predicted molar refractivity (Wildman–Crippen MR) is 157 cm³/mol. The van der Waals surface area contributed by atoms with Crippen molar-refractivity contribution in [2.24, 2.45) is 11.3 Å². The number of carbonyl (C=O) groups excluding carboxylic acids is 2. The molecule has 3 aliphatic rings. The lowest BCUT2D eigenvalue weighted by molar-refractivity contribution is -0.135. The highest BCUT2D eigenvalue weighted by atomic mass is 35.5. The molecule has 8 nitrogen and oxygen atoms in total. The number of hydrogen-bond donors (Lipinski definition) is 2. The number of amides is 2. The maximum atomic E-state index is 13.5. The van der Waals surface area contributed by atoms with Gasteiger partial charge in [-0.25, -0.2) is 17.2 Å². The zero-order valence-electron chi connectivity index (χ0n) is 25.5. The van der Waals surface area contributed by atoms with E-state index in [0.29, 0.717) is 42.1 Å². The molecule has 12 heteroatoms. The number of nitrogens with one attached hydrogen (secondary N) is 2. The third kappa shape index (κ3) is 7.41. The van der Waals surface area contributed by atoms with Gasteiger partial charge in [0.15, 0.2) is 9.84 Å². The van der Waals surface area contributed by atoms with Crippen LogP contribution in [0.25, 0.3) is 0 Å². The van der Waals surface area contributed by atoms with Crippen LogP contribution in [0.3, 0.4) is 0 Å². The van der Waals surface area contributed by atoms with Crippen LogP contribution in [0.1, 0.15) is 46.0 Å². The molecule has 2 N–H and O–H groups in total. The number of hydrogen-bond acceptors (Lipinski definition) is 6. The van der Waals surface area contributed by atoms with Crippen molar-refractivity contribution in [2.75, 3.05) is 44.3 Å². The average Bonchev–Trinajstić information content (AvgIpc) is 3.70. The van der Waals surface area contributed by atoms with E-state index >= 15 is 0 Å². The van der Waals surface area contributed by atoms with Crippen LogP contribution < -0.4 is 10.6 Å². The van der Waals surface area contributed by atoms with E-state index in [9.17, 15) is 26.8 Å². The highest BCUT2D eigenvalue weighted by Crippen LogP contribution is 2.63. The molecule has 0 bridgehead atoms. The fourth-order valence-corrected chi connectivity index (χ4v) is 6.64. The third-order valence-corrected chi connectivity index (χ3v) is 9.99. The van der Waals surface area contributed by atoms with Crippen molar-refractivity contribution >= 4 is 38.9 Å². The van der Waals surface area contributed by atoms with Crippen molar-refractivity contribution in [2.45, 2.75) is 56.0 Å². The van der Waals surface area contributed by atoms with Crippen LogP contribution in [-0.2, 0) is 32.5 Å². The summed E-state index contributed by atoms with van der Waals surface area (Å²) in [5.74, 6) is -3.49. The lowest BCUT2D eigenvalue weighted by atomic mass is 9.82. The molecule has 2 amide bonds. The number of alkyl halides is 2. The van der Waals surface area contributed by atoms with Crippen molar-refractivity contribution in [1.29, 1.82) is 0 Å². The lowest BCUT2D eigenvalue weighted by Crippen LogP contribution is -2.51. The molecule has 2 aromatic rings. The fourth-order valence-electron chi connectivity index (χ4n) is 5.84. The first-order valence-corrected chi connectivity index (χ1v) is 16.4. The lowest BCUT2D eigenvalue weighted by Gasteiger charge is -2.35. The Balaban J connectivity index is 1.14. The van der Waals surface area contributed by atoms with Crippen molar-refractivity contribution in [3.8, 4) is 0 Å². The van der Waals surface area contributed by atoms with Crippen LogP contribution >= 0.6 is 11.6 Å². The molecule has 1 atom stereocenters. The van der Waals surface area contributed by atoms with E-state index in [1.54, 1.807) is 40.1 Å². The van der Waals surface area contributed by atoms with Crippen LogP contribution in [-0.4, -0.2) is 74.9 Å². The molecule has 228 valence electrons. The highest BCUT2D eigenvalue weighted by Gasteiger charge is 2.60. The Hall–Kier alpha value is -2.76. The summed E-state index contributed by atoms with van der Waals surface area (Å²) in [6.45, 7) is -0.719. The van der Waals surface area contributed by atoms with E-state index < -0.39 is 22.3 Å². The summed E-state index contributed by atoms with van der Waals surface area (Å²) in [6, 6.07) is 11.4. The smallest absolute Gasteiger partial charge is 0.248 e. The number of piperazine rings is 1. The number of benzene rings is 2. The zero-order valence-corrected chi connectivity index (χ0v) is 25.0. The summed E-state index contributed by atoms with van der Waals surface area (Å²) in [4.78, 5) is 29.0. The van der Waals surface area contributed by atoms with Gasteiger partial charge in [-0.2, -0.15) is 0 Å². The molecule has 1 unspecified atom stereocenters. The van der Waals surface area contributed by atoms with Gasteiger partial charge >= 0.3 is 0 Å². The molecule has 42 heavy (non-hydrogen) atoms. The van der Waals surface area contributed by atoms with E-state index in [1.165, 1.54) is 12.1 Å². The maximum absolute atomic E-state index is 13.5. The average molecular weight is 625 g/mol. The first-order valence-electron chi connectivity index (χ1n) is 15.1. The molecule has 0 aromatic heterocycles. The summed E-state index contributed by atoms with van der Waals surface area (Å²) in [5.41, 5.74) is 1.34. The van der Waals surface area contributed by atoms with E-state index in [1.807, 2.05) is 0 Å². The molecule has 1 spiro atoms. The quantitative estimate of drug-likeness (QED) is 0.431. The number of nitrogens with zero attached hydrogens (tertiary/aromatic N) is 2. The number of rotatable bonds is 9. The van der Waals surface area contributed by atoms with Crippen molar-refractivity contribution in [1.82, 2.24) is 15.1 Å². The topological polar surface area (TPSA) is 98.8 Å². The summed E-state index contributed by atoms with van der Waals surface area (Å²) in [5, 5.41) is 6.30. The predicted octanol–water partition coefficient (Wildman–Crippen LogP) is 4.33. The van der Waals surface area contributed by atoms with Gasteiger partial charge in [0.05, 0.1) is 11.4 Å². The van der Waals surface area contributed by atoms with Crippen LogP contribution in [0.15, 0.2) is 47.4 Å². The summed E-state index contributed by atoms with van der Waals surface area (Å²) in [7, 11) is -3.31. The van der Waals surface area contributed by atoms with Gasteiger partial charge < -0.3 is 15.5 Å². The van der Waals surface area contributed by atoms with E-state index in [0.717, 1.165) is 11.8 Å². The molecule has 2 aromatic carbocycles. The molecular formula is C30H37ClF2N4O4S. The minimum Gasteiger partial charge on any atom is -0.381 e. The van der Waals surface area contributed by atoms with Gasteiger partial charge in [0.1, 0.15) is 0 Å². The maximum Gasteiger partial charge on any atom is 0.248 e. The van der Waals surface area contributed by atoms with Crippen molar-refractivity contribution < 1.29 is 29.5 Å². The largest absolute Gasteiger partial charge is 0.381 e. The molecule has 2 aliphatic carbocycles. The SMILES string of the molecule is [2H]C([2H])(c1cc(Cl)ccc1NCc1ccc(S(C)(=O)=O)cc1)N1CCN(C(=O)CNC(=O)C2CC23CCC(F)(F)CC3)CC1. The van der Waals surface area contributed by atoms with E-state index in [-0.39, 0.29) is 73.6 Å². The molecule has 2 saturated carbocycles. The second kappa shape index (κ2) is 12.1. The van der Waals surface area contributed by atoms with Gasteiger partial charge in [-0.3, -0.25) is 14.5 Å². The standard InChI is InChI=1S/C30H37ClF2N4O4S/c1-42(40,41)24-5-2-21(3-6-24)18-34-26-7-4-23(31)16-22(26)20-36-12-14-37(15-13-36)27(38)19-35-28(39)25-17-29(25)8-10-30(32,33)11-9-29/h2-7,16,25,34H,8-15,17-20H2,1H3,(H,35,39)/i20D2. The zero-order chi connectivity index (χ0) is 31.9. The Kier molecular flexibility index (Phi) is 8.07. The van der Waals surface area contributed by atoms with Gasteiger partial charge in [-0.15, -0.1) is 0 Å². The Morgan fingerprint density at radius 1 is 1.05 bits per heavy atom. The molecular weight excluding hydrogens is 586 g/mol. The highest BCUT2D eigenvalue weighted by molar-refractivity contribution is 7.90. The van der Waals surface area contributed by atoms with Crippen LogP contribution in [0.5, 0.6) is 0 Å². The molecule has 1 aliphatic heterocycles. The third-order valence-electron chi connectivity index (χ3n) is 8.62. The summed E-state index contributed by atoms with van der Waals surface area (Å²) in [6.07, 6.45) is 2.01. The monoisotopic (exact) mass is 624 g/mol. The first-order chi connectivity index (χ1) is 20.6. The van der Waals surface area contributed by atoms with Crippen LogP contribution in [0, 0.1) is 11.3 Å². The Morgan fingerprint density at radius 3 is 2.36 bits per heavy atom. The van der Waals surface area contributed by atoms with E-state index in [4.69, 9.17) is 14.3 Å². The van der Waals surface area contributed by atoms with E-state index in [2.05, 4.69) is 10.6 Å². The normalized spacial score (nSPS) is 22.7. The Bertz CT molecular complexity index is 1510. The van der Waals surface area contributed by atoms with Crippen molar-refractivity contribution in [3.63, 3.8) is 0 Å². The molecule has 1 saturated heterocycles. The number of sulfone groups is 1. The van der Waals surface area contributed by atoms with Gasteiger partial charge in [0, 0.05) is 77.7 Å². The second-order valence-electron chi connectivity index (χ2n) is 11.6. The molecule has 0 radical (unpaired) electrons. The number of carbonyl (C=O) groups is 2. The minimum atomic E-state index is -3.31. The Morgan fingerprint density at radius 2 is 1.71 bits per heavy atom. The summed E-state index contributed by atoms with van der Waals surface area (Å²) < 4.78 is 68.5. The number of halogens is 3. The minimum absolute atomic E-state index is 0.179. The second-order valence-corrected chi connectivity index (χ2v) is 14.1. The Labute approximate surface area is 253 Å². The van der Waals surface area contributed by atoms with Gasteiger partial charge in [-0.1, -0.05) is 23.7 Å². The van der Waals surface area contributed by atoms with Crippen LogP contribution in [0.4, 0.5) is 14.5 Å². The fraction of sp³-hybridized carbons (Fsp3) is 0.533. The first kappa shape index (κ1) is 28.0. The van der Waals surface area contributed by atoms with Crippen molar-refractivity contribution in [3.05, 3.63) is 58.6 Å².